The summed E-state index contributed by atoms with van der Waals surface area (Å²) in [7, 11) is 2.94. The molecule has 2 aromatic heterocycles. The fraction of sp³-hybridized carbons (Fsp3) is 0.125. The van der Waals surface area contributed by atoms with Gasteiger partial charge in [-0.2, -0.15) is 0 Å². The third-order valence-corrected chi connectivity index (χ3v) is 5.59. The standard InChI is InChI=1S/C17H16O5.C15H12O5/c1-3-21-17(19)14-8-6-13(20-2)11-15(14)16(18)9-7-12-5-4-10-22-12;1-19-11-4-6-12(15(17)18)13(9-11)14(16)7-5-10-3-2-8-20-10/h4-11H,3H2,1-2H3;2-9H,1H3,(H,17,18)/b9-7+;7-5+. The van der Waals surface area contributed by atoms with E-state index in [-0.39, 0.29) is 34.6 Å². The van der Waals surface area contributed by atoms with Gasteiger partial charge in [0.25, 0.3) is 0 Å². The van der Waals surface area contributed by atoms with E-state index in [1.165, 1.54) is 81.4 Å². The first kappa shape index (κ1) is 30.9. The molecule has 0 fully saturated rings. The zero-order chi connectivity index (χ0) is 30.5. The molecular weight excluding hydrogens is 544 g/mol. The van der Waals surface area contributed by atoms with E-state index < -0.39 is 17.7 Å². The smallest absolute Gasteiger partial charge is 0.338 e. The Morgan fingerprint density at radius 1 is 0.714 bits per heavy atom. The Morgan fingerprint density at radius 2 is 1.19 bits per heavy atom. The van der Waals surface area contributed by atoms with Crippen molar-refractivity contribution in [2.45, 2.75) is 6.92 Å². The second kappa shape index (κ2) is 15.2. The number of furan rings is 2. The van der Waals surface area contributed by atoms with Gasteiger partial charge in [-0.15, -0.1) is 0 Å². The number of carboxylic acid groups (broad SMARTS) is 1. The molecule has 0 atom stereocenters. The van der Waals surface area contributed by atoms with Crippen molar-refractivity contribution in [2.24, 2.45) is 0 Å². The minimum Gasteiger partial charge on any atom is -0.497 e. The van der Waals surface area contributed by atoms with Gasteiger partial charge < -0.3 is 28.2 Å². The molecule has 4 aromatic rings. The highest BCUT2D eigenvalue weighted by molar-refractivity contribution is 6.13. The van der Waals surface area contributed by atoms with Gasteiger partial charge in [0, 0.05) is 11.1 Å². The Bertz CT molecular complexity index is 1580. The van der Waals surface area contributed by atoms with E-state index in [0.29, 0.717) is 23.0 Å². The summed E-state index contributed by atoms with van der Waals surface area (Å²) in [6, 6.07) is 15.7. The van der Waals surface area contributed by atoms with Crippen LogP contribution in [0.2, 0.25) is 0 Å². The van der Waals surface area contributed by atoms with Gasteiger partial charge in [-0.1, -0.05) is 0 Å². The van der Waals surface area contributed by atoms with Crippen molar-refractivity contribution >= 4 is 35.7 Å². The molecule has 0 saturated heterocycles. The topological polar surface area (TPSA) is 142 Å². The summed E-state index contributed by atoms with van der Waals surface area (Å²) in [5, 5.41) is 9.09. The zero-order valence-corrected chi connectivity index (χ0v) is 23.1. The summed E-state index contributed by atoms with van der Waals surface area (Å²) in [6.45, 7) is 1.94. The lowest BCUT2D eigenvalue weighted by Crippen LogP contribution is -2.11. The lowest BCUT2D eigenvalue weighted by atomic mass is 10.0. The fourth-order valence-corrected chi connectivity index (χ4v) is 3.55. The third kappa shape index (κ3) is 8.43. The van der Waals surface area contributed by atoms with E-state index in [2.05, 4.69) is 0 Å². The molecule has 1 N–H and O–H groups in total. The summed E-state index contributed by atoms with van der Waals surface area (Å²) in [5.74, 6) is -0.502. The molecule has 10 heteroatoms. The summed E-state index contributed by atoms with van der Waals surface area (Å²) >= 11 is 0. The molecule has 0 bridgehead atoms. The molecule has 0 aliphatic carbocycles. The van der Waals surface area contributed by atoms with Crippen LogP contribution < -0.4 is 9.47 Å². The number of methoxy groups -OCH3 is 2. The van der Waals surface area contributed by atoms with Crippen molar-refractivity contribution in [1.29, 1.82) is 0 Å². The highest BCUT2D eigenvalue weighted by atomic mass is 16.5. The average Bonchev–Trinajstić information content (AvgIpc) is 3.73. The van der Waals surface area contributed by atoms with Crippen LogP contribution in [0.1, 0.15) is 59.9 Å². The molecule has 216 valence electrons. The molecule has 10 nitrogen and oxygen atoms in total. The number of hydrogen-bond acceptors (Lipinski definition) is 9. The molecule has 0 aliphatic rings. The molecule has 4 rings (SSSR count). The van der Waals surface area contributed by atoms with Crippen molar-refractivity contribution in [3.05, 3.63) is 119 Å². The summed E-state index contributed by atoms with van der Waals surface area (Å²) in [4.78, 5) is 47.5. The van der Waals surface area contributed by atoms with Crippen LogP contribution in [0.25, 0.3) is 12.2 Å². The average molecular weight is 573 g/mol. The lowest BCUT2D eigenvalue weighted by Gasteiger charge is -2.08. The number of benzene rings is 2. The minimum atomic E-state index is -1.16. The van der Waals surface area contributed by atoms with Crippen LogP contribution in [0.4, 0.5) is 0 Å². The van der Waals surface area contributed by atoms with Gasteiger partial charge in [0.15, 0.2) is 11.6 Å². The second-order valence-corrected chi connectivity index (χ2v) is 8.27. The van der Waals surface area contributed by atoms with Gasteiger partial charge in [0.1, 0.15) is 23.0 Å². The molecule has 0 aliphatic heterocycles. The summed E-state index contributed by atoms with van der Waals surface area (Å²) in [6.07, 6.45) is 8.62. The Balaban J connectivity index is 0.000000231. The van der Waals surface area contributed by atoms with Crippen LogP contribution >= 0.6 is 0 Å². The first-order chi connectivity index (χ1) is 20.3. The van der Waals surface area contributed by atoms with Crippen LogP contribution in [0, 0.1) is 0 Å². The maximum atomic E-state index is 12.3. The SMILES string of the molecule is CCOC(=O)c1ccc(OC)cc1C(=O)/C=C/c1ccco1.COc1ccc(C(=O)O)c(C(=O)/C=C/c2ccco2)c1. The predicted molar refractivity (Wildman–Crippen MR) is 153 cm³/mol. The van der Waals surface area contributed by atoms with Crippen LogP contribution in [-0.2, 0) is 4.74 Å². The van der Waals surface area contributed by atoms with E-state index in [4.69, 9.17) is 28.2 Å². The number of carbonyl (C=O) groups excluding carboxylic acids is 3. The van der Waals surface area contributed by atoms with E-state index in [0.717, 1.165) is 0 Å². The van der Waals surface area contributed by atoms with Crippen LogP contribution in [0.3, 0.4) is 0 Å². The second-order valence-electron chi connectivity index (χ2n) is 8.27. The largest absolute Gasteiger partial charge is 0.497 e. The summed E-state index contributed by atoms with van der Waals surface area (Å²) in [5.41, 5.74) is 0.428. The quantitative estimate of drug-likeness (QED) is 0.125. The van der Waals surface area contributed by atoms with Crippen molar-refractivity contribution in [1.82, 2.24) is 0 Å². The van der Waals surface area contributed by atoms with E-state index >= 15 is 0 Å². The van der Waals surface area contributed by atoms with Crippen LogP contribution in [0.15, 0.2) is 94.2 Å². The Kier molecular flexibility index (Phi) is 11.2. The fourth-order valence-electron chi connectivity index (χ4n) is 3.55. The number of allylic oxidation sites excluding steroid dienone is 2. The van der Waals surface area contributed by atoms with Gasteiger partial charge in [0.2, 0.25) is 0 Å². The van der Waals surface area contributed by atoms with Gasteiger partial charge in [-0.25, -0.2) is 9.59 Å². The van der Waals surface area contributed by atoms with Gasteiger partial charge >= 0.3 is 11.9 Å². The van der Waals surface area contributed by atoms with Gasteiger partial charge in [-0.05, 0) is 91.9 Å². The molecule has 0 radical (unpaired) electrons. The molecule has 0 unspecified atom stereocenters. The van der Waals surface area contributed by atoms with Crippen molar-refractivity contribution in [2.75, 3.05) is 20.8 Å². The maximum absolute atomic E-state index is 12.3. The number of rotatable bonds is 11. The molecule has 0 spiro atoms. The molecule has 42 heavy (non-hydrogen) atoms. The molecule has 2 aromatic carbocycles. The molecular formula is C32H28O10. The van der Waals surface area contributed by atoms with Crippen molar-refractivity contribution < 1.29 is 47.3 Å². The highest BCUT2D eigenvalue weighted by Gasteiger charge is 2.18. The first-order valence-corrected chi connectivity index (χ1v) is 12.6. The Hall–Kier alpha value is -5.64. The monoisotopic (exact) mass is 572 g/mol. The first-order valence-electron chi connectivity index (χ1n) is 12.6. The van der Waals surface area contributed by atoms with Crippen molar-refractivity contribution in [3.63, 3.8) is 0 Å². The number of aromatic carboxylic acids is 1. The minimum absolute atomic E-state index is 0.0691. The molecule has 0 saturated carbocycles. The maximum Gasteiger partial charge on any atom is 0.338 e. The number of hydrogen-bond donors (Lipinski definition) is 1. The van der Waals surface area contributed by atoms with Crippen LogP contribution in [0.5, 0.6) is 11.5 Å². The highest BCUT2D eigenvalue weighted by Crippen LogP contribution is 2.21. The molecule has 2 heterocycles. The zero-order valence-electron chi connectivity index (χ0n) is 23.1. The number of ether oxygens (including phenoxy) is 3. The van der Waals surface area contributed by atoms with E-state index in [1.54, 1.807) is 37.3 Å². The Morgan fingerprint density at radius 3 is 1.60 bits per heavy atom. The third-order valence-electron chi connectivity index (χ3n) is 5.59. The summed E-state index contributed by atoms with van der Waals surface area (Å²) < 4.78 is 25.3. The van der Waals surface area contributed by atoms with Crippen LogP contribution in [-0.4, -0.2) is 49.4 Å². The molecule has 0 amide bonds. The number of ketones is 2. The Labute approximate surface area is 241 Å². The normalized spacial score (nSPS) is 10.6. The predicted octanol–water partition coefficient (Wildman–Crippen LogP) is 6.24. The van der Waals surface area contributed by atoms with Gasteiger partial charge in [0.05, 0.1) is 44.5 Å². The number of esters is 1. The van der Waals surface area contributed by atoms with Gasteiger partial charge in [-0.3, -0.25) is 9.59 Å². The van der Waals surface area contributed by atoms with E-state index in [1.807, 2.05) is 0 Å². The van der Waals surface area contributed by atoms with Crippen molar-refractivity contribution in [3.8, 4) is 11.5 Å². The van der Waals surface area contributed by atoms with E-state index in [9.17, 15) is 19.2 Å². The lowest BCUT2D eigenvalue weighted by molar-refractivity contribution is 0.0523. The number of carboxylic acids is 1. The number of carbonyl (C=O) groups is 4.